The summed E-state index contributed by atoms with van der Waals surface area (Å²) in [6.45, 7) is 5.23. The van der Waals surface area contributed by atoms with Crippen molar-refractivity contribution in [2.24, 2.45) is 5.92 Å². The van der Waals surface area contributed by atoms with E-state index in [9.17, 15) is 14.7 Å². The van der Waals surface area contributed by atoms with Crippen LogP contribution < -0.4 is 4.74 Å². The third kappa shape index (κ3) is 3.87. The average Bonchev–Trinajstić information content (AvgIpc) is 2.25. The van der Waals surface area contributed by atoms with E-state index in [1.54, 1.807) is 24.3 Å². The van der Waals surface area contributed by atoms with E-state index in [-0.39, 0.29) is 5.92 Å². The number of ether oxygens (including phenoxy) is 1. The SMILES string of the molecule is CC(=O)Oc1ccccc1C(CC(C)C)C(=O)O. The minimum atomic E-state index is -0.900. The number of hydrogen-bond acceptors (Lipinski definition) is 3. The number of aliphatic carboxylic acids is 1. The Morgan fingerprint density at radius 2 is 1.89 bits per heavy atom. The maximum Gasteiger partial charge on any atom is 0.311 e. The van der Waals surface area contributed by atoms with Crippen molar-refractivity contribution in [3.63, 3.8) is 0 Å². The number of carbonyl (C=O) groups is 2. The molecule has 0 heterocycles. The van der Waals surface area contributed by atoms with E-state index in [4.69, 9.17) is 4.74 Å². The number of carboxylic acid groups (broad SMARTS) is 1. The molecule has 0 bridgehead atoms. The lowest BCUT2D eigenvalue weighted by atomic mass is 9.90. The lowest BCUT2D eigenvalue weighted by Crippen LogP contribution is -2.16. The first-order valence-corrected chi connectivity index (χ1v) is 5.92. The largest absolute Gasteiger partial charge is 0.481 e. The molecule has 18 heavy (non-hydrogen) atoms. The number of carbonyl (C=O) groups excluding carboxylic acids is 1. The molecule has 0 aliphatic carbocycles. The lowest BCUT2D eigenvalue weighted by Gasteiger charge is -2.17. The summed E-state index contributed by atoms with van der Waals surface area (Å²) in [6, 6.07) is 6.78. The van der Waals surface area contributed by atoms with Crippen molar-refractivity contribution in [2.75, 3.05) is 0 Å². The first-order chi connectivity index (χ1) is 8.41. The molecule has 0 radical (unpaired) electrons. The van der Waals surface area contributed by atoms with Crippen LogP contribution >= 0.6 is 0 Å². The Labute approximate surface area is 107 Å². The summed E-state index contributed by atoms with van der Waals surface area (Å²) >= 11 is 0. The molecule has 0 aliphatic rings. The van der Waals surface area contributed by atoms with Crippen molar-refractivity contribution < 1.29 is 19.4 Å². The molecule has 0 fully saturated rings. The van der Waals surface area contributed by atoms with Crippen molar-refractivity contribution in [1.29, 1.82) is 0 Å². The minimum Gasteiger partial charge on any atom is -0.481 e. The van der Waals surface area contributed by atoms with Crippen molar-refractivity contribution in [2.45, 2.75) is 33.1 Å². The summed E-state index contributed by atoms with van der Waals surface area (Å²) in [7, 11) is 0. The predicted molar refractivity (Wildman–Crippen MR) is 67.6 cm³/mol. The number of carboxylic acids is 1. The predicted octanol–water partition coefficient (Wildman–Crippen LogP) is 2.83. The molecule has 0 saturated carbocycles. The zero-order chi connectivity index (χ0) is 13.7. The topological polar surface area (TPSA) is 63.6 Å². The lowest BCUT2D eigenvalue weighted by molar-refractivity contribution is -0.139. The molecular formula is C14H18O4. The molecule has 1 atom stereocenters. The number of benzene rings is 1. The molecule has 1 aromatic rings. The molecule has 4 heteroatoms. The Kier molecular flexibility index (Phi) is 4.89. The highest BCUT2D eigenvalue weighted by molar-refractivity contribution is 5.78. The molecule has 1 aromatic carbocycles. The minimum absolute atomic E-state index is 0.247. The summed E-state index contributed by atoms with van der Waals surface area (Å²) in [5.74, 6) is -1.42. The van der Waals surface area contributed by atoms with Gasteiger partial charge < -0.3 is 9.84 Å². The van der Waals surface area contributed by atoms with E-state index in [0.29, 0.717) is 17.7 Å². The number of esters is 1. The van der Waals surface area contributed by atoms with Gasteiger partial charge in [0.1, 0.15) is 5.75 Å². The van der Waals surface area contributed by atoms with E-state index in [1.165, 1.54) is 6.92 Å². The van der Waals surface area contributed by atoms with Gasteiger partial charge in [0.25, 0.3) is 0 Å². The summed E-state index contributed by atoms with van der Waals surface area (Å²) in [6.07, 6.45) is 0.508. The van der Waals surface area contributed by atoms with Crippen LogP contribution in [-0.2, 0) is 9.59 Å². The Morgan fingerprint density at radius 1 is 1.28 bits per heavy atom. The summed E-state index contributed by atoms with van der Waals surface area (Å²) < 4.78 is 5.06. The zero-order valence-corrected chi connectivity index (χ0v) is 10.8. The van der Waals surface area contributed by atoms with Gasteiger partial charge in [0, 0.05) is 12.5 Å². The normalized spacial score (nSPS) is 12.2. The maximum atomic E-state index is 11.3. The molecule has 1 rings (SSSR count). The van der Waals surface area contributed by atoms with Gasteiger partial charge in [0.2, 0.25) is 0 Å². The van der Waals surface area contributed by atoms with Gasteiger partial charge in [0.15, 0.2) is 0 Å². The quantitative estimate of drug-likeness (QED) is 0.644. The van der Waals surface area contributed by atoms with E-state index >= 15 is 0 Å². The highest BCUT2D eigenvalue weighted by Crippen LogP contribution is 2.31. The van der Waals surface area contributed by atoms with Gasteiger partial charge in [-0.3, -0.25) is 9.59 Å². The monoisotopic (exact) mass is 250 g/mol. The standard InChI is InChI=1S/C14H18O4/c1-9(2)8-12(14(16)17)11-6-4-5-7-13(11)18-10(3)15/h4-7,9,12H,8H2,1-3H3,(H,16,17). The third-order valence-electron chi connectivity index (χ3n) is 2.55. The Hall–Kier alpha value is -1.84. The average molecular weight is 250 g/mol. The fourth-order valence-electron chi connectivity index (χ4n) is 1.85. The third-order valence-corrected chi connectivity index (χ3v) is 2.55. The van der Waals surface area contributed by atoms with Gasteiger partial charge in [0.05, 0.1) is 5.92 Å². The molecule has 0 amide bonds. The molecule has 1 unspecified atom stereocenters. The van der Waals surface area contributed by atoms with Gasteiger partial charge in [-0.1, -0.05) is 32.0 Å². The molecule has 0 spiro atoms. The molecule has 98 valence electrons. The van der Waals surface area contributed by atoms with Gasteiger partial charge in [-0.05, 0) is 18.4 Å². The van der Waals surface area contributed by atoms with E-state index < -0.39 is 17.9 Å². The molecular weight excluding hydrogens is 232 g/mol. The van der Waals surface area contributed by atoms with E-state index in [2.05, 4.69) is 0 Å². The van der Waals surface area contributed by atoms with Gasteiger partial charge >= 0.3 is 11.9 Å². The summed E-state index contributed by atoms with van der Waals surface area (Å²) in [4.78, 5) is 22.3. The zero-order valence-electron chi connectivity index (χ0n) is 10.8. The first kappa shape index (κ1) is 14.2. The van der Waals surface area contributed by atoms with Crippen LogP contribution in [0.5, 0.6) is 5.75 Å². The second kappa shape index (κ2) is 6.19. The summed E-state index contributed by atoms with van der Waals surface area (Å²) in [5.41, 5.74) is 0.550. The van der Waals surface area contributed by atoms with Gasteiger partial charge in [-0.15, -0.1) is 0 Å². The Balaban J connectivity index is 3.10. The fraction of sp³-hybridized carbons (Fsp3) is 0.429. The second-order valence-corrected chi connectivity index (χ2v) is 4.65. The van der Waals surface area contributed by atoms with Gasteiger partial charge in [-0.25, -0.2) is 0 Å². The highest BCUT2D eigenvalue weighted by atomic mass is 16.5. The van der Waals surface area contributed by atoms with Crippen LogP contribution in [0.25, 0.3) is 0 Å². The Morgan fingerprint density at radius 3 is 2.39 bits per heavy atom. The molecule has 0 aromatic heterocycles. The smallest absolute Gasteiger partial charge is 0.311 e. The van der Waals surface area contributed by atoms with Crippen LogP contribution in [0.1, 0.15) is 38.7 Å². The fourth-order valence-corrected chi connectivity index (χ4v) is 1.85. The summed E-state index contributed by atoms with van der Waals surface area (Å²) in [5, 5.41) is 9.29. The van der Waals surface area contributed by atoms with Crippen LogP contribution in [0.3, 0.4) is 0 Å². The van der Waals surface area contributed by atoms with Crippen molar-refractivity contribution in [3.8, 4) is 5.75 Å². The molecule has 0 saturated heterocycles. The van der Waals surface area contributed by atoms with Crippen LogP contribution in [0, 0.1) is 5.92 Å². The first-order valence-electron chi connectivity index (χ1n) is 5.92. The highest BCUT2D eigenvalue weighted by Gasteiger charge is 2.24. The van der Waals surface area contributed by atoms with Crippen LogP contribution in [0.2, 0.25) is 0 Å². The molecule has 0 aliphatic heterocycles. The van der Waals surface area contributed by atoms with Crippen LogP contribution in [0.4, 0.5) is 0 Å². The van der Waals surface area contributed by atoms with Crippen LogP contribution in [-0.4, -0.2) is 17.0 Å². The van der Waals surface area contributed by atoms with Gasteiger partial charge in [-0.2, -0.15) is 0 Å². The van der Waals surface area contributed by atoms with E-state index in [1.807, 2.05) is 13.8 Å². The number of para-hydroxylation sites is 1. The number of hydrogen-bond donors (Lipinski definition) is 1. The van der Waals surface area contributed by atoms with Crippen LogP contribution in [0.15, 0.2) is 24.3 Å². The molecule has 1 N–H and O–H groups in total. The number of rotatable bonds is 5. The van der Waals surface area contributed by atoms with E-state index in [0.717, 1.165) is 0 Å². The maximum absolute atomic E-state index is 11.3. The van der Waals surface area contributed by atoms with Crippen molar-refractivity contribution in [1.82, 2.24) is 0 Å². The Bertz CT molecular complexity index is 437. The second-order valence-electron chi connectivity index (χ2n) is 4.65. The molecule has 4 nitrogen and oxygen atoms in total. The van der Waals surface area contributed by atoms with Crippen molar-refractivity contribution >= 4 is 11.9 Å². The van der Waals surface area contributed by atoms with Crippen molar-refractivity contribution in [3.05, 3.63) is 29.8 Å².